The molecule has 0 saturated carbocycles. The first kappa shape index (κ1) is 18.8. The summed E-state index contributed by atoms with van der Waals surface area (Å²) in [5.41, 5.74) is 0.984. The maximum absolute atomic E-state index is 11.6. The molecule has 8 heteroatoms. The molecule has 0 radical (unpaired) electrons. The second kappa shape index (κ2) is 10.3. The van der Waals surface area contributed by atoms with Crippen molar-refractivity contribution in [2.75, 3.05) is 26.8 Å². The molecule has 25 heavy (non-hydrogen) atoms. The Morgan fingerprint density at radius 3 is 2.80 bits per heavy atom. The SMILES string of the molecule is COc1ccc(COCC(O)CNC(=O)NCCn2ccnc2)cc1. The molecule has 0 spiro atoms. The summed E-state index contributed by atoms with van der Waals surface area (Å²) in [6.45, 7) is 1.77. The summed E-state index contributed by atoms with van der Waals surface area (Å²) >= 11 is 0. The van der Waals surface area contributed by atoms with Gasteiger partial charge in [0.25, 0.3) is 0 Å². The third-order valence-electron chi connectivity index (χ3n) is 3.45. The Labute approximate surface area is 146 Å². The molecule has 0 aliphatic heterocycles. The molecule has 0 saturated heterocycles. The van der Waals surface area contributed by atoms with Crippen molar-refractivity contribution in [2.24, 2.45) is 0 Å². The summed E-state index contributed by atoms with van der Waals surface area (Å²) in [7, 11) is 1.61. The highest BCUT2D eigenvalue weighted by Crippen LogP contribution is 2.11. The number of benzene rings is 1. The number of nitrogens with one attached hydrogen (secondary N) is 2. The van der Waals surface area contributed by atoms with Gasteiger partial charge in [-0.25, -0.2) is 9.78 Å². The van der Waals surface area contributed by atoms with E-state index in [1.54, 1.807) is 19.6 Å². The van der Waals surface area contributed by atoms with Crippen molar-refractivity contribution in [3.05, 3.63) is 48.5 Å². The predicted octanol–water partition coefficient (Wildman–Crippen LogP) is 0.769. The maximum Gasteiger partial charge on any atom is 0.314 e. The number of amides is 2. The van der Waals surface area contributed by atoms with Gasteiger partial charge in [-0.2, -0.15) is 0 Å². The highest BCUT2D eigenvalue weighted by atomic mass is 16.5. The molecule has 0 bridgehead atoms. The summed E-state index contributed by atoms with van der Waals surface area (Å²) in [6.07, 6.45) is 4.42. The molecular weight excluding hydrogens is 324 g/mol. The second-order valence-electron chi connectivity index (χ2n) is 5.45. The number of hydrogen-bond donors (Lipinski definition) is 3. The monoisotopic (exact) mass is 348 g/mol. The van der Waals surface area contributed by atoms with Crippen LogP contribution in [-0.2, 0) is 17.9 Å². The van der Waals surface area contributed by atoms with Gasteiger partial charge in [0.2, 0.25) is 0 Å². The average Bonchev–Trinajstić information content (AvgIpc) is 3.14. The fourth-order valence-corrected chi connectivity index (χ4v) is 2.08. The fourth-order valence-electron chi connectivity index (χ4n) is 2.08. The molecule has 2 amide bonds. The minimum atomic E-state index is -0.766. The number of ether oxygens (including phenoxy) is 2. The largest absolute Gasteiger partial charge is 0.497 e. The second-order valence-corrected chi connectivity index (χ2v) is 5.45. The molecule has 1 heterocycles. The lowest BCUT2D eigenvalue weighted by Gasteiger charge is -2.13. The zero-order valence-corrected chi connectivity index (χ0v) is 14.2. The Bertz CT molecular complexity index is 616. The molecule has 136 valence electrons. The lowest BCUT2D eigenvalue weighted by atomic mass is 10.2. The lowest BCUT2D eigenvalue weighted by molar-refractivity contribution is 0.0300. The van der Waals surface area contributed by atoms with Crippen molar-refractivity contribution >= 4 is 6.03 Å². The molecule has 0 aliphatic carbocycles. The van der Waals surface area contributed by atoms with Gasteiger partial charge in [0.05, 0.1) is 32.8 Å². The van der Waals surface area contributed by atoms with Crippen molar-refractivity contribution < 1.29 is 19.4 Å². The van der Waals surface area contributed by atoms with E-state index in [-0.39, 0.29) is 19.2 Å². The van der Waals surface area contributed by atoms with Crippen LogP contribution in [0.5, 0.6) is 5.75 Å². The zero-order chi connectivity index (χ0) is 17.9. The number of aliphatic hydroxyl groups excluding tert-OH is 1. The van der Waals surface area contributed by atoms with Gasteiger partial charge in [-0.3, -0.25) is 0 Å². The number of rotatable bonds is 10. The van der Waals surface area contributed by atoms with Crippen molar-refractivity contribution in [3.63, 3.8) is 0 Å². The summed E-state index contributed by atoms with van der Waals surface area (Å²) in [5.74, 6) is 0.784. The molecule has 0 aliphatic rings. The number of hydrogen-bond acceptors (Lipinski definition) is 5. The van der Waals surface area contributed by atoms with E-state index in [2.05, 4.69) is 15.6 Å². The van der Waals surface area contributed by atoms with Crippen LogP contribution in [0.15, 0.2) is 43.0 Å². The van der Waals surface area contributed by atoms with Crippen molar-refractivity contribution in [3.8, 4) is 5.75 Å². The van der Waals surface area contributed by atoms with E-state index in [9.17, 15) is 9.90 Å². The van der Waals surface area contributed by atoms with Gasteiger partial charge >= 0.3 is 6.03 Å². The minimum absolute atomic E-state index is 0.125. The highest BCUT2D eigenvalue weighted by molar-refractivity contribution is 5.73. The van der Waals surface area contributed by atoms with Crippen LogP contribution in [0, 0.1) is 0 Å². The Kier molecular flexibility index (Phi) is 7.74. The molecule has 1 atom stereocenters. The van der Waals surface area contributed by atoms with E-state index in [4.69, 9.17) is 9.47 Å². The normalized spacial score (nSPS) is 11.8. The van der Waals surface area contributed by atoms with Crippen molar-refractivity contribution in [1.29, 1.82) is 0 Å². The number of aliphatic hydroxyl groups is 1. The fraction of sp³-hybridized carbons (Fsp3) is 0.412. The van der Waals surface area contributed by atoms with Crippen LogP contribution in [0.25, 0.3) is 0 Å². The molecule has 2 aromatic rings. The van der Waals surface area contributed by atoms with Crippen LogP contribution >= 0.6 is 0 Å². The third kappa shape index (κ3) is 7.23. The van der Waals surface area contributed by atoms with Gasteiger partial charge in [0.1, 0.15) is 5.75 Å². The smallest absolute Gasteiger partial charge is 0.314 e. The molecule has 1 unspecified atom stereocenters. The Morgan fingerprint density at radius 2 is 2.12 bits per heavy atom. The minimum Gasteiger partial charge on any atom is -0.497 e. The number of nitrogens with zero attached hydrogens (tertiary/aromatic N) is 2. The zero-order valence-electron chi connectivity index (χ0n) is 14.2. The van der Waals surface area contributed by atoms with Gasteiger partial charge in [-0.05, 0) is 17.7 Å². The summed E-state index contributed by atoms with van der Waals surface area (Å²) in [6, 6.07) is 7.18. The first-order valence-electron chi connectivity index (χ1n) is 8.03. The van der Waals surface area contributed by atoms with Crippen LogP contribution in [-0.4, -0.2) is 53.6 Å². The summed E-state index contributed by atoms with van der Waals surface area (Å²) in [5, 5.41) is 15.1. The average molecular weight is 348 g/mol. The molecule has 0 fully saturated rings. The Balaban J connectivity index is 1.53. The van der Waals surface area contributed by atoms with Gasteiger partial charge in [0, 0.05) is 32.0 Å². The Hall–Kier alpha value is -2.58. The van der Waals surface area contributed by atoms with E-state index in [1.165, 1.54) is 0 Å². The van der Waals surface area contributed by atoms with Gasteiger partial charge in [-0.1, -0.05) is 12.1 Å². The first-order valence-corrected chi connectivity index (χ1v) is 8.03. The molecule has 8 nitrogen and oxygen atoms in total. The summed E-state index contributed by atoms with van der Waals surface area (Å²) < 4.78 is 12.4. The van der Waals surface area contributed by atoms with E-state index >= 15 is 0 Å². The predicted molar refractivity (Wildman–Crippen MR) is 92.3 cm³/mol. The number of imidazole rings is 1. The van der Waals surface area contributed by atoms with E-state index in [1.807, 2.05) is 35.0 Å². The van der Waals surface area contributed by atoms with Crippen LogP contribution in [0.3, 0.4) is 0 Å². The highest BCUT2D eigenvalue weighted by Gasteiger charge is 2.07. The maximum atomic E-state index is 11.6. The van der Waals surface area contributed by atoms with Crippen LogP contribution in [0.1, 0.15) is 5.56 Å². The van der Waals surface area contributed by atoms with Gasteiger partial charge < -0.3 is 29.8 Å². The van der Waals surface area contributed by atoms with E-state index in [0.717, 1.165) is 11.3 Å². The van der Waals surface area contributed by atoms with Crippen LogP contribution in [0.4, 0.5) is 4.79 Å². The Morgan fingerprint density at radius 1 is 1.32 bits per heavy atom. The summed E-state index contributed by atoms with van der Waals surface area (Å²) in [4.78, 5) is 15.5. The van der Waals surface area contributed by atoms with E-state index < -0.39 is 6.10 Å². The number of methoxy groups -OCH3 is 1. The van der Waals surface area contributed by atoms with E-state index in [0.29, 0.717) is 19.7 Å². The van der Waals surface area contributed by atoms with Gasteiger partial charge in [0.15, 0.2) is 0 Å². The van der Waals surface area contributed by atoms with Gasteiger partial charge in [-0.15, -0.1) is 0 Å². The number of carbonyl (C=O) groups is 1. The van der Waals surface area contributed by atoms with Crippen LogP contribution in [0.2, 0.25) is 0 Å². The van der Waals surface area contributed by atoms with Crippen LogP contribution < -0.4 is 15.4 Å². The number of urea groups is 1. The molecule has 2 rings (SSSR count). The third-order valence-corrected chi connectivity index (χ3v) is 3.45. The van der Waals surface area contributed by atoms with Crippen molar-refractivity contribution in [2.45, 2.75) is 19.3 Å². The number of aromatic nitrogens is 2. The van der Waals surface area contributed by atoms with Crippen molar-refractivity contribution in [1.82, 2.24) is 20.2 Å². The standard InChI is InChI=1S/C17H24N4O4/c1-24-16-4-2-14(3-5-16)11-25-12-15(22)10-20-17(23)19-7-9-21-8-6-18-13-21/h2-6,8,13,15,22H,7,9-12H2,1H3,(H2,19,20,23). The molecule has 1 aromatic heterocycles. The quantitative estimate of drug-likeness (QED) is 0.589. The molecule has 3 N–H and O–H groups in total. The topological polar surface area (TPSA) is 97.6 Å². The molecule has 1 aromatic carbocycles. The lowest BCUT2D eigenvalue weighted by Crippen LogP contribution is -2.41. The molecular formula is C17H24N4O4. The first-order chi connectivity index (χ1) is 12.2. The number of carbonyl (C=O) groups excluding carboxylic acids is 1.